The molecule has 2 heterocycles. The highest BCUT2D eigenvalue weighted by molar-refractivity contribution is 7.99. The highest BCUT2D eigenvalue weighted by atomic mass is 32.2. The first-order valence-electron chi connectivity index (χ1n) is 8.51. The van der Waals surface area contributed by atoms with Crippen LogP contribution in [0.5, 0.6) is 0 Å². The van der Waals surface area contributed by atoms with E-state index in [1.54, 1.807) is 11.8 Å². The van der Waals surface area contributed by atoms with Crippen LogP contribution in [0.15, 0.2) is 50.8 Å². The van der Waals surface area contributed by atoms with Crippen molar-refractivity contribution >= 4 is 11.8 Å². The van der Waals surface area contributed by atoms with Gasteiger partial charge >= 0.3 is 0 Å². The Morgan fingerprint density at radius 2 is 1.96 bits per heavy atom. The molecular weight excluding hydrogens is 320 g/mol. The average Bonchev–Trinajstić information content (AvgIpc) is 3.00. The third-order valence-corrected chi connectivity index (χ3v) is 5.51. The maximum Gasteiger partial charge on any atom is 0.165 e. The van der Waals surface area contributed by atoms with Crippen LogP contribution < -0.4 is 0 Å². The molecule has 130 valence electrons. The molecule has 1 aliphatic rings. The molecule has 0 amide bonds. The van der Waals surface area contributed by atoms with Crippen LogP contribution >= 0.6 is 11.8 Å². The Morgan fingerprint density at radius 1 is 1.17 bits per heavy atom. The lowest BCUT2D eigenvalue weighted by molar-refractivity contribution is 0.0696. The molecule has 0 spiro atoms. The molecule has 3 rings (SSSR count). The lowest BCUT2D eigenvalue weighted by Crippen LogP contribution is -2.51. The zero-order valence-corrected chi connectivity index (χ0v) is 15.3. The van der Waals surface area contributed by atoms with Gasteiger partial charge in [-0.1, -0.05) is 29.5 Å². The first-order valence-corrected chi connectivity index (χ1v) is 9.32. The topological polar surface area (TPSA) is 39.9 Å². The van der Waals surface area contributed by atoms with Gasteiger partial charge < -0.3 is 14.4 Å². The van der Waals surface area contributed by atoms with Gasteiger partial charge in [-0.25, -0.2) is 0 Å². The maximum absolute atomic E-state index is 9.21. The van der Waals surface area contributed by atoms with E-state index in [-0.39, 0.29) is 6.61 Å². The molecule has 0 radical (unpaired) electrons. The van der Waals surface area contributed by atoms with Crippen molar-refractivity contribution in [3.63, 3.8) is 0 Å². The minimum absolute atomic E-state index is 0.251. The number of furan rings is 1. The first kappa shape index (κ1) is 17.5. The summed E-state index contributed by atoms with van der Waals surface area (Å²) in [5, 5.41) is 10.1. The molecule has 1 saturated heterocycles. The predicted octanol–water partition coefficient (Wildman–Crippen LogP) is 3.24. The van der Waals surface area contributed by atoms with Crippen LogP contribution in [0.2, 0.25) is 0 Å². The molecule has 1 N–H and O–H groups in total. The van der Waals surface area contributed by atoms with Crippen molar-refractivity contribution in [3.8, 4) is 0 Å². The maximum atomic E-state index is 9.21. The van der Waals surface area contributed by atoms with E-state index >= 15 is 0 Å². The second kappa shape index (κ2) is 8.21. The molecule has 0 bridgehead atoms. The zero-order chi connectivity index (χ0) is 16.9. The van der Waals surface area contributed by atoms with Crippen molar-refractivity contribution in [1.29, 1.82) is 0 Å². The molecule has 0 aliphatic carbocycles. The van der Waals surface area contributed by atoms with Gasteiger partial charge in [0, 0.05) is 37.2 Å². The molecule has 24 heavy (non-hydrogen) atoms. The minimum Gasteiger partial charge on any atom is -0.453 e. The fourth-order valence-corrected chi connectivity index (χ4v) is 3.84. The summed E-state index contributed by atoms with van der Waals surface area (Å²) in [6.07, 6.45) is 0.833. The molecule has 2 aromatic rings. The molecule has 1 fully saturated rings. The van der Waals surface area contributed by atoms with Crippen molar-refractivity contribution in [2.24, 2.45) is 0 Å². The monoisotopic (exact) mass is 346 g/mol. The number of piperazine rings is 1. The van der Waals surface area contributed by atoms with E-state index in [1.807, 2.05) is 0 Å². The van der Waals surface area contributed by atoms with Gasteiger partial charge in [-0.2, -0.15) is 0 Å². The Hall–Kier alpha value is -1.27. The molecule has 4 nitrogen and oxygen atoms in total. The summed E-state index contributed by atoms with van der Waals surface area (Å²) in [6.45, 7) is 6.25. The van der Waals surface area contributed by atoms with Crippen LogP contribution in [0, 0.1) is 6.92 Å². The Bertz CT molecular complexity index is 641. The van der Waals surface area contributed by atoms with E-state index in [4.69, 9.17) is 4.42 Å². The van der Waals surface area contributed by atoms with Crippen LogP contribution in [-0.4, -0.2) is 54.2 Å². The van der Waals surface area contributed by atoms with Crippen LogP contribution in [0.3, 0.4) is 0 Å². The standard InChI is InChI=1S/C19H26N2O2S/c1-15-3-6-18(7-4-15)24-19-8-5-17(23-19)14-21-11-10-20(2)16(13-21)9-12-22/h3-8,16,22H,9-14H2,1-2H3/t16-/m1/s1. The van der Waals surface area contributed by atoms with Crippen molar-refractivity contribution < 1.29 is 9.52 Å². The zero-order valence-electron chi connectivity index (χ0n) is 14.4. The Balaban J connectivity index is 1.56. The molecule has 0 saturated carbocycles. The SMILES string of the molecule is Cc1ccc(Sc2ccc(CN3CCN(C)[C@H](CCO)C3)o2)cc1. The number of likely N-dealkylation sites (N-methyl/N-ethyl adjacent to an activating group) is 1. The lowest BCUT2D eigenvalue weighted by atomic mass is 10.1. The Labute approximate surface area is 148 Å². The summed E-state index contributed by atoms with van der Waals surface area (Å²) >= 11 is 1.66. The largest absolute Gasteiger partial charge is 0.453 e. The van der Waals surface area contributed by atoms with E-state index < -0.39 is 0 Å². The van der Waals surface area contributed by atoms with Crippen LogP contribution in [0.25, 0.3) is 0 Å². The van der Waals surface area contributed by atoms with Gasteiger partial charge in [0.25, 0.3) is 0 Å². The quantitative estimate of drug-likeness (QED) is 0.869. The number of hydrogen-bond acceptors (Lipinski definition) is 5. The fourth-order valence-electron chi connectivity index (χ4n) is 3.06. The number of rotatable bonds is 6. The van der Waals surface area contributed by atoms with Crippen molar-refractivity contribution in [1.82, 2.24) is 9.80 Å². The molecule has 1 atom stereocenters. The van der Waals surface area contributed by atoms with Crippen LogP contribution in [-0.2, 0) is 6.54 Å². The van der Waals surface area contributed by atoms with E-state index in [0.717, 1.165) is 43.5 Å². The summed E-state index contributed by atoms with van der Waals surface area (Å²) in [5.74, 6) is 1.01. The summed E-state index contributed by atoms with van der Waals surface area (Å²) in [5.41, 5.74) is 1.27. The van der Waals surface area contributed by atoms with Gasteiger partial charge in [0.05, 0.1) is 6.54 Å². The normalized spacial score (nSPS) is 19.7. The first-order chi connectivity index (χ1) is 11.6. The third kappa shape index (κ3) is 4.63. The van der Waals surface area contributed by atoms with Crippen LogP contribution in [0.1, 0.15) is 17.7 Å². The summed E-state index contributed by atoms with van der Waals surface area (Å²) in [4.78, 5) is 5.96. The molecular formula is C19H26N2O2S. The molecule has 0 unspecified atom stereocenters. The van der Waals surface area contributed by atoms with Crippen LogP contribution in [0.4, 0.5) is 0 Å². The number of benzene rings is 1. The van der Waals surface area contributed by atoms with Gasteiger partial charge in [-0.15, -0.1) is 0 Å². The molecule has 1 aromatic carbocycles. The van der Waals surface area contributed by atoms with Crippen molar-refractivity contribution in [2.45, 2.75) is 35.9 Å². The molecule has 1 aliphatic heterocycles. The summed E-state index contributed by atoms with van der Waals surface area (Å²) in [7, 11) is 2.14. The van der Waals surface area contributed by atoms with Gasteiger partial charge in [-0.3, -0.25) is 4.90 Å². The molecule has 5 heteroatoms. The predicted molar refractivity (Wildman–Crippen MR) is 97.4 cm³/mol. The number of aliphatic hydroxyl groups excluding tert-OH is 1. The van der Waals surface area contributed by atoms with Gasteiger partial charge in [0.2, 0.25) is 0 Å². The van der Waals surface area contributed by atoms with Gasteiger partial charge in [-0.05, 0) is 44.7 Å². The number of aryl methyl sites for hydroxylation is 1. The van der Waals surface area contributed by atoms with Gasteiger partial charge in [0.1, 0.15) is 5.76 Å². The highest BCUT2D eigenvalue weighted by Gasteiger charge is 2.24. The van der Waals surface area contributed by atoms with E-state index in [9.17, 15) is 5.11 Å². The average molecular weight is 346 g/mol. The summed E-state index contributed by atoms with van der Waals surface area (Å²) in [6, 6.07) is 13.1. The fraction of sp³-hybridized carbons (Fsp3) is 0.474. The van der Waals surface area contributed by atoms with Crippen molar-refractivity contribution in [3.05, 3.63) is 47.7 Å². The highest BCUT2D eigenvalue weighted by Crippen LogP contribution is 2.30. The number of nitrogens with zero attached hydrogens (tertiary/aromatic N) is 2. The smallest absolute Gasteiger partial charge is 0.165 e. The van der Waals surface area contributed by atoms with E-state index in [1.165, 1.54) is 10.5 Å². The number of hydrogen-bond donors (Lipinski definition) is 1. The van der Waals surface area contributed by atoms with Gasteiger partial charge in [0.15, 0.2) is 5.09 Å². The van der Waals surface area contributed by atoms with Crippen molar-refractivity contribution in [2.75, 3.05) is 33.3 Å². The number of aliphatic hydroxyl groups is 1. The second-order valence-electron chi connectivity index (χ2n) is 6.52. The third-order valence-electron chi connectivity index (χ3n) is 4.58. The summed E-state index contributed by atoms with van der Waals surface area (Å²) < 4.78 is 6.00. The molecule has 1 aromatic heterocycles. The Kier molecular flexibility index (Phi) is 6.00. The second-order valence-corrected chi connectivity index (χ2v) is 7.60. The van der Waals surface area contributed by atoms with E-state index in [0.29, 0.717) is 6.04 Å². The minimum atomic E-state index is 0.251. The Morgan fingerprint density at radius 3 is 2.71 bits per heavy atom. The van der Waals surface area contributed by atoms with E-state index in [2.05, 4.69) is 60.2 Å². The lowest BCUT2D eigenvalue weighted by Gasteiger charge is -2.39.